The summed E-state index contributed by atoms with van der Waals surface area (Å²) in [5.41, 5.74) is 2.95. The summed E-state index contributed by atoms with van der Waals surface area (Å²) in [6, 6.07) is 5.95. The normalized spacial score (nSPS) is 11.3. The molecule has 0 saturated carbocycles. The van der Waals surface area contributed by atoms with Gasteiger partial charge in [0.2, 0.25) is 0 Å². The van der Waals surface area contributed by atoms with Crippen LogP contribution in [-0.4, -0.2) is 15.7 Å². The van der Waals surface area contributed by atoms with Gasteiger partial charge in [-0.1, -0.05) is 0 Å². The number of anilines is 1. The van der Waals surface area contributed by atoms with Crippen LogP contribution >= 0.6 is 23.1 Å². The fourth-order valence-corrected chi connectivity index (χ4v) is 1.93. The van der Waals surface area contributed by atoms with Crippen molar-refractivity contribution >= 4 is 40.3 Å². The van der Waals surface area contributed by atoms with Gasteiger partial charge in [-0.15, -0.1) is 11.3 Å². The molecule has 0 aliphatic heterocycles. The molecule has 0 saturated heterocycles. The van der Waals surface area contributed by atoms with Gasteiger partial charge in [0, 0.05) is 35.0 Å². The molecule has 0 spiro atoms. The van der Waals surface area contributed by atoms with Crippen molar-refractivity contribution < 1.29 is 4.92 Å². The molecule has 1 heterocycles. The Morgan fingerprint density at radius 3 is 2.67 bits per heavy atom. The van der Waals surface area contributed by atoms with Crippen molar-refractivity contribution in [3.8, 4) is 0 Å². The van der Waals surface area contributed by atoms with Crippen molar-refractivity contribution in [2.24, 2.45) is 4.51 Å². The van der Waals surface area contributed by atoms with Crippen molar-refractivity contribution in [1.82, 2.24) is 4.98 Å². The summed E-state index contributed by atoms with van der Waals surface area (Å²) in [6.07, 6.45) is 0. The summed E-state index contributed by atoms with van der Waals surface area (Å²) >= 11 is 6.89. The highest BCUT2D eigenvalue weighted by atomic mass is 35.5. The van der Waals surface area contributed by atoms with Gasteiger partial charge in [0.15, 0.2) is 5.84 Å². The highest BCUT2D eigenvalue weighted by molar-refractivity contribution is 7.07. The van der Waals surface area contributed by atoms with E-state index in [-0.39, 0.29) is 5.69 Å². The Hall–Kier alpha value is -1.99. The lowest BCUT2D eigenvalue weighted by atomic mass is 10.3. The molecule has 8 heteroatoms. The summed E-state index contributed by atoms with van der Waals surface area (Å²) in [6.45, 7) is 0. The first-order valence-corrected chi connectivity index (χ1v) is 6.08. The molecule has 0 fully saturated rings. The van der Waals surface area contributed by atoms with Gasteiger partial charge in [0.05, 0.1) is 10.4 Å². The first kappa shape index (κ1) is 12.5. The smallest absolute Gasteiger partial charge is 0.269 e. The molecule has 2 rings (SSSR count). The summed E-state index contributed by atoms with van der Waals surface area (Å²) in [5, 5.41) is 15.2. The highest BCUT2D eigenvalue weighted by Crippen LogP contribution is 2.16. The van der Waals surface area contributed by atoms with Crippen molar-refractivity contribution in [2.75, 3.05) is 5.32 Å². The van der Waals surface area contributed by atoms with Crippen LogP contribution < -0.4 is 5.32 Å². The molecule has 1 N–H and O–H groups in total. The molecule has 92 valence electrons. The minimum Gasteiger partial charge on any atom is -0.337 e. The van der Waals surface area contributed by atoms with E-state index in [1.54, 1.807) is 23.0 Å². The van der Waals surface area contributed by atoms with E-state index < -0.39 is 4.92 Å². The number of nitrogens with one attached hydrogen (secondary N) is 1. The fourth-order valence-electron chi connectivity index (χ4n) is 1.26. The van der Waals surface area contributed by atoms with Crippen molar-refractivity contribution in [2.45, 2.75) is 0 Å². The summed E-state index contributed by atoms with van der Waals surface area (Å²) in [7, 11) is 0. The number of rotatable bonds is 3. The molecule has 0 atom stereocenters. The zero-order valence-electron chi connectivity index (χ0n) is 8.91. The zero-order valence-corrected chi connectivity index (χ0v) is 10.5. The highest BCUT2D eigenvalue weighted by Gasteiger charge is 2.08. The molecule has 0 aliphatic rings. The average Bonchev–Trinajstić information content (AvgIpc) is 2.90. The molecule has 1 aromatic heterocycles. The quantitative estimate of drug-likeness (QED) is 0.406. The molecule has 18 heavy (non-hydrogen) atoms. The number of nitro groups is 1. The maximum Gasteiger partial charge on any atom is 0.269 e. The van der Waals surface area contributed by atoms with Crippen LogP contribution in [-0.2, 0) is 0 Å². The summed E-state index contributed by atoms with van der Waals surface area (Å²) in [5.74, 6) is 0.395. The number of nitrogens with zero attached hydrogens (tertiary/aromatic N) is 3. The molecule has 6 nitrogen and oxygen atoms in total. The van der Waals surface area contributed by atoms with Gasteiger partial charge in [-0.05, 0) is 12.1 Å². The number of benzene rings is 1. The van der Waals surface area contributed by atoms with Crippen molar-refractivity contribution in [3.05, 3.63) is 51.0 Å². The monoisotopic (exact) mass is 282 g/mol. The largest absolute Gasteiger partial charge is 0.337 e. The third-order valence-electron chi connectivity index (χ3n) is 2.10. The molecule has 0 bridgehead atoms. The fraction of sp³-hybridized carbons (Fsp3) is 0. The van der Waals surface area contributed by atoms with Crippen LogP contribution in [0.5, 0.6) is 0 Å². The molecule has 0 amide bonds. The van der Waals surface area contributed by atoms with Gasteiger partial charge in [-0.2, -0.15) is 4.51 Å². The first-order valence-electron chi connectivity index (χ1n) is 4.79. The maximum absolute atomic E-state index is 10.5. The van der Waals surface area contributed by atoms with Gasteiger partial charge in [-0.3, -0.25) is 10.1 Å². The van der Waals surface area contributed by atoms with Crippen LogP contribution in [0.15, 0.2) is 39.7 Å². The number of thiazole rings is 1. The number of nitro benzene ring substituents is 1. The van der Waals surface area contributed by atoms with E-state index in [4.69, 9.17) is 11.8 Å². The minimum atomic E-state index is -0.458. The second-order valence-electron chi connectivity index (χ2n) is 3.24. The molecular weight excluding hydrogens is 276 g/mol. The number of non-ortho nitro benzene ring substituents is 1. The average molecular weight is 283 g/mol. The van der Waals surface area contributed by atoms with E-state index in [0.29, 0.717) is 17.2 Å². The van der Waals surface area contributed by atoms with E-state index in [1.165, 1.54) is 23.5 Å². The first-order chi connectivity index (χ1) is 8.70. The Kier molecular flexibility index (Phi) is 3.85. The van der Waals surface area contributed by atoms with E-state index in [0.717, 1.165) is 0 Å². The van der Waals surface area contributed by atoms with E-state index in [1.807, 2.05) is 0 Å². The Bertz CT molecular complexity index is 568. The van der Waals surface area contributed by atoms with Crippen LogP contribution in [0.2, 0.25) is 0 Å². The summed E-state index contributed by atoms with van der Waals surface area (Å²) in [4.78, 5) is 14.1. The van der Waals surface area contributed by atoms with Gasteiger partial charge < -0.3 is 5.32 Å². The molecular formula is C10H7ClN4O2S. The molecule has 1 aromatic carbocycles. The molecule has 0 unspecified atom stereocenters. The second-order valence-corrected chi connectivity index (χ2v) is 4.12. The third-order valence-corrected chi connectivity index (χ3v) is 2.86. The Morgan fingerprint density at radius 1 is 1.44 bits per heavy atom. The predicted octanol–water partition coefficient (Wildman–Crippen LogP) is 3.06. The Morgan fingerprint density at radius 2 is 2.17 bits per heavy atom. The topological polar surface area (TPSA) is 80.4 Å². The van der Waals surface area contributed by atoms with Gasteiger partial charge in [-0.25, -0.2) is 4.98 Å². The SMILES string of the molecule is O=[N+]([O-])c1ccc(NC(=NCl)c2cscn2)cc1. The van der Waals surface area contributed by atoms with Crippen molar-refractivity contribution in [3.63, 3.8) is 0 Å². The van der Waals surface area contributed by atoms with E-state index in [2.05, 4.69) is 14.8 Å². The van der Waals surface area contributed by atoms with Crippen LogP contribution in [0.4, 0.5) is 11.4 Å². The van der Waals surface area contributed by atoms with Gasteiger partial charge >= 0.3 is 0 Å². The van der Waals surface area contributed by atoms with Gasteiger partial charge in [0.1, 0.15) is 5.69 Å². The van der Waals surface area contributed by atoms with Crippen molar-refractivity contribution in [1.29, 1.82) is 0 Å². The lowest BCUT2D eigenvalue weighted by molar-refractivity contribution is -0.384. The number of halogens is 1. The van der Waals surface area contributed by atoms with Crippen LogP contribution in [0.3, 0.4) is 0 Å². The van der Waals surface area contributed by atoms with Crippen LogP contribution in [0.1, 0.15) is 5.69 Å². The lowest BCUT2D eigenvalue weighted by Crippen LogP contribution is -2.13. The lowest BCUT2D eigenvalue weighted by Gasteiger charge is -2.05. The predicted molar refractivity (Wildman–Crippen MR) is 71.2 cm³/mol. The van der Waals surface area contributed by atoms with E-state index in [9.17, 15) is 10.1 Å². The van der Waals surface area contributed by atoms with E-state index >= 15 is 0 Å². The standard InChI is InChI=1S/C10H7ClN4O2S/c11-14-10(9-5-18-6-12-9)13-7-1-3-8(4-2-7)15(16)17/h1-6H,(H,13,14). The zero-order chi connectivity index (χ0) is 13.0. The van der Waals surface area contributed by atoms with Crippen LogP contribution in [0.25, 0.3) is 0 Å². The van der Waals surface area contributed by atoms with Gasteiger partial charge in [0.25, 0.3) is 5.69 Å². The molecule has 0 radical (unpaired) electrons. The number of hydrogen-bond donors (Lipinski definition) is 1. The maximum atomic E-state index is 10.5. The minimum absolute atomic E-state index is 0.0265. The Balaban J connectivity index is 2.16. The second kappa shape index (κ2) is 5.56. The number of aromatic nitrogens is 1. The molecule has 2 aromatic rings. The Labute approximate surface area is 111 Å². The molecule has 0 aliphatic carbocycles. The number of hydrogen-bond acceptors (Lipinski definition) is 5. The third kappa shape index (κ3) is 2.82. The summed E-state index contributed by atoms with van der Waals surface area (Å²) < 4.78 is 3.57. The number of amidine groups is 1. The van der Waals surface area contributed by atoms with Crippen LogP contribution in [0, 0.1) is 10.1 Å².